The van der Waals surface area contributed by atoms with Crippen molar-refractivity contribution in [3.8, 4) is 0 Å². The molecule has 438 valence electrons. The number of nitrogens with two attached hydrogens (primary N) is 1. The molecule has 2 unspecified atom stereocenters. The number of carbonyl (C=O) groups excluding carboxylic acids is 2. The molecule has 0 rings (SSSR count). The molecule has 2 atom stereocenters. The van der Waals surface area contributed by atoms with E-state index in [1.807, 2.05) is 0 Å². The van der Waals surface area contributed by atoms with Crippen LogP contribution in [-0.2, 0) is 32.7 Å². The molecule has 0 radical (unpaired) electrons. The number of ether oxygens (including phenoxy) is 2. The van der Waals surface area contributed by atoms with Crippen LogP contribution in [0.25, 0.3) is 0 Å². The van der Waals surface area contributed by atoms with E-state index < -0.39 is 26.5 Å². The Balaban J connectivity index is 4.02. The standard InChI is InChI=1S/C66H116NO8P/c1-3-5-7-9-11-13-15-17-19-21-23-25-27-29-31-32-33-35-37-39-41-43-45-47-49-51-53-55-57-59-66(69)75-64(63-74-76(70,71)73-61-60-67)62-72-65(68)58-56-54-52-50-48-46-44-42-40-38-36-34-30-28-26-24-22-20-18-16-14-12-10-8-6-4-2/h5,7,11,13,17,19,23,25,29,31,33,35,39,41,45,47,64H,3-4,6,8-10,12,14-16,18,20-22,24,26-28,30,32,34,36-38,40,42-44,46,48-63,67H2,1-2H3,(H,70,71)/b7-5-,13-11-,19-17-,25-23-,31-29-,35-33-,41-39-,47-45-. The second-order valence-electron chi connectivity index (χ2n) is 20.6. The molecule has 0 spiro atoms. The molecule has 3 N–H and O–H groups in total. The SMILES string of the molecule is CC/C=C\C/C=C\C/C=C\C/C=C\C/C=C\C/C=C\C/C=C\C/C=C\CCCCCCC(=O)OC(COC(=O)CCCCCCCCCCCCCCCCCCCCCCCCCCCC)COP(=O)(O)OCCN. The first kappa shape index (κ1) is 72.9. The first-order valence-electron chi connectivity index (χ1n) is 31.2. The fourth-order valence-corrected chi connectivity index (χ4v) is 9.42. The number of hydrogen-bond acceptors (Lipinski definition) is 8. The third-order valence-corrected chi connectivity index (χ3v) is 14.2. The van der Waals surface area contributed by atoms with Gasteiger partial charge in [0.25, 0.3) is 0 Å². The summed E-state index contributed by atoms with van der Waals surface area (Å²) in [5.41, 5.74) is 5.39. The van der Waals surface area contributed by atoms with Crippen molar-refractivity contribution in [3.63, 3.8) is 0 Å². The number of hydrogen-bond donors (Lipinski definition) is 2. The van der Waals surface area contributed by atoms with Crippen LogP contribution in [0, 0.1) is 0 Å². The number of phosphoric acid groups is 1. The highest BCUT2D eigenvalue weighted by molar-refractivity contribution is 7.47. The normalized spacial score (nSPS) is 13.7. The Labute approximate surface area is 467 Å². The first-order valence-corrected chi connectivity index (χ1v) is 32.7. The Morgan fingerprint density at radius 1 is 0.408 bits per heavy atom. The molecule has 10 heteroatoms. The summed E-state index contributed by atoms with van der Waals surface area (Å²) >= 11 is 0. The number of rotatable bonds is 58. The molecule has 0 saturated heterocycles. The molecule has 9 nitrogen and oxygen atoms in total. The van der Waals surface area contributed by atoms with Crippen molar-refractivity contribution < 1.29 is 37.6 Å². The third kappa shape index (κ3) is 60.2. The number of carbonyl (C=O) groups is 2. The Bertz CT molecular complexity index is 1560. The van der Waals surface area contributed by atoms with Crippen LogP contribution in [0.1, 0.15) is 277 Å². The summed E-state index contributed by atoms with van der Waals surface area (Å²) in [4.78, 5) is 35.2. The maximum atomic E-state index is 12.7. The van der Waals surface area contributed by atoms with Crippen molar-refractivity contribution in [3.05, 3.63) is 97.2 Å². The van der Waals surface area contributed by atoms with Crippen LogP contribution in [-0.4, -0.2) is 49.3 Å². The lowest BCUT2D eigenvalue weighted by atomic mass is 10.0. The number of esters is 2. The lowest BCUT2D eigenvalue weighted by molar-refractivity contribution is -0.161. The van der Waals surface area contributed by atoms with E-state index in [4.69, 9.17) is 24.3 Å². The number of phosphoric ester groups is 1. The van der Waals surface area contributed by atoms with E-state index >= 15 is 0 Å². The van der Waals surface area contributed by atoms with Crippen LogP contribution >= 0.6 is 7.82 Å². The van der Waals surface area contributed by atoms with E-state index in [2.05, 4.69) is 111 Å². The fraction of sp³-hybridized carbons (Fsp3) is 0.727. The number of allylic oxidation sites excluding steroid dienone is 16. The van der Waals surface area contributed by atoms with E-state index in [0.29, 0.717) is 6.42 Å². The average Bonchev–Trinajstić information content (AvgIpc) is 3.41. The average molecular weight is 1080 g/mol. The van der Waals surface area contributed by atoms with Gasteiger partial charge in [0.15, 0.2) is 6.10 Å². The van der Waals surface area contributed by atoms with Gasteiger partial charge in [0.1, 0.15) is 6.61 Å². The summed E-state index contributed by atoms with van der Waals surface area (Å²) < 4.78 is 33.1. The Morgan fingerprint density at radius 2 is 0.724 bits per heavy atom. The minimum atomic E-state index is -4.40. The predicted molar refractivity (Wildman–Crippen MR) is 325 cm³/mol. The van der Waals surface area contributed by atoms with E-state index in [9.17, 15) is 19.0 Å². The van der Waals surface area contributed by atoms with E-state index in [0.717, 1.165) is 96.3 Å². The Kier molecular flexibility index (Phi) is 58.7. The summed E-state index contributed by atoms with van der Waals surface area (Å²) in [5, 5.41) is 0. The van der Waals surface area contributed by atoms with Crippen LogP contribution < -0.4 is 5.73 Å². The van der Waals surface area contributed by atoms with Crippen LogP contribution in [0.3, 0.4) is 0 Å². The van der Waals surface area contributed by atoms with Gasteiger partial charge in [-0.15, -0.1) is 0 Å². The minimum absolute atomic E-state index is 0.0452. The topological polar surface area (TPSA) is 134 Å². The van der Waals surface area contributed by atoms with Gasteiger partial charge in [0.05, 0.1) is 13.2 Å². The monoisotopic (exact) mass is 1080 g/mol. The van der Waals surface area contributed by atoms with Gasteiger partial charge < -0.3 is 20.1 Å². The maximum absolute atomic E-state index is 12.7. The molecule has 0 aliphatic rings. The van der Waals surface area contributed by atoms with Crippen molar-refractivity contribution in [1.82, 2.24) is 0 Å². The van der Waals surface area contributed by atoms with E-state index in [1.54, 1.807) is 0 Å². The van der Waals surface area contributed by atoms with Gasteiger partial charge in [-0.1, -0.05) is 284 Å². The zero-order valence-corrected chi connectivity index (χ0v) is 49.9. The Hall–Kier alpha value is -3.07. The van der Waals surface area contributed by atoms with Gasteiger partial charge in [-0.25, -0.2) is 4.57 Å². The van der Waals surface area contributed by atoms with Crippen molar-refractivity contribution in [2.75, 3.05) is 26.4 Å². The largest absolute Gasteiger partial charge is 0.472 e. The highest BCUT2D eigenvalue weighted by atomic mass is 31.2. The number of unbranched alkanes of at least 4 members (excludes halogenated alkanes) is 29. The van der Waals surface area contributed by atoms with Gasteiger partial charge in [0.2, 0.25) is 0 Å². The molecule has 0 heterocycles. The van der Waals surface area contributed by atoms with Crippen molar-refractivity contribution >= 4 is 19.8 Å². The first-order chi connectivity index (χ1) is 37.3. The molecule has 0 fully saturated rings. The quantitative estimate of drug-likeness (QED) is 0.0264. The molecular weight excluding hydrogens is 966 g/mol. The van der Waals surface area contributed by atoms with Crippen LogP contribution in [0.2, 0.25) is 0 Å². The molecule has 0 aliphatic heterocycles. The maximum Gasteiger partial charge on any atom is 0.472 e. The summed E-state index contributed by atoms with van der Waals surface area (Å²) in [6.45, 7) is 3.63. The predicted octanol–water partition coefficient (Wildman–Crippen LogP) is 20.0. The molecule has 0 bridgehead atoms. The second kappa shape index (κ2) is 61.1. The lowest BCUT2D eigenvalue weighted by Gasteiger charge is -2.19. The zero-order chi connectivity index (χ0) is 55.2. The van der Waals surface area contributed by atoms with Gasteiger partial charge in [0, 0.05) is 19.4 Å². The molecular formula is C66H116NO8P. The van der Waals surface area contributed by atoms with Gasteiger partial charge >= 0.3 is 19.8 Å². The van der Waals surface area contributed by atoms with Gasteiger partial charge in [-0.05, 0) is 77.0 Å². The third-order valence-electron chi connectivity index (χ3n) is 13.2. The molecule has 0 saturated carbocycles. The van der Waals surface area contributed by atoms with Crippen LogP contribution in [0.4, 0.5) is 0 Å². The Morgan fingerprint density at radius 3 is 1.08 bits per heavy atom. The molecule has 0 aromatic rings. The smallest absolute Gasteiger partial charge is 0.462 e. The summed E-state index contributed by atoms with van der Waals surface area (Å²) in [6.07, 6.45) is 81.9. The second-order valence-corrected chi connectivity index (χ2v) is 22.0. The van der Waals surface area contributed by atoms with Crippen molar-refractivity contribution in [2.45, 2.75) is 283 Å². The summed E-state index contributed by atoms with van der Waals surface area (Å²) in [7, 11) is -4.40. The molecule has 0 aromatic heterocycles. The van der Waals surface area contributed by atoms with Crippen molar-refractivity contribution in [2.24, 2.45) is 5.73 Å². The molecule has 0 aromatic carbocycles. The highest BCUT2D eigenvalue weighted by Gasteiger charge is 2.26. The van der Waals surface area contributed by atoms with Crippen LogP contribution in [0.5, 0.6) is 0 Å². The minimum Gasteiger partial charge on any atom is -0.462 e. The molecule has 0 amide bonds. The van der Waals surface area contributed by atoms with Crippen LogP contribution in [0.15, 0.2) is 97.2 Å². The fourth-order valence-electron chi connectivity index (χ4n) is 8.65. The zero-order valence-electron chi connectivity index (χ0n) is 49.0. The molecule has 76 heavy (non-hydrogen) atoms. The van der Waals surface area contributed by atoms with E-state index in [-0.39, 0.29) is 38.6 Å². The van der Waals surface area contributed by atoms with Crippen molar-refractivity contribution in [1.29, 1.82) is 0 Å². The summed E-state index contributed by atoms with van der Waals surface area (Å²) in [6, 6.07) is 0. The summed E-state index contributed by atoms with van der Waals surface area (Å²) in [5.74, 6) is -0.852. The molecule has 0 aliphatic carbocycles. The van der Waals surface area contributed by atoms with Gasteiger partial charge in [-0.3, -0.25) is 18.6 Å². The lowest BCUT2D eigenvalue weighted by Crippen LogP contribution is -2.29. The highest BCUT2D eigenvalue weighted by Crippen LogP contribution is 2.43. The van der Waals surface area contributed by atoms with Gasteiger partial charge in [-0.2, -0.15) is 0 Å². The van der Waals surface area contributed by atoms with E-state index in [1.165, 1.54) is 148 Å².